The molecule has 0 aliphatic rings. The van der Waals surface area contributed by atoms with Gasteiger partial charge in [0.25, 0.3) is 0 Å². The van der Waals surface area contributed by atoms with Gasteiger partial charge in [-0.3, -0.25) is 0 Å². The Morgan fingerprint density at radius 1 is 1.28 bits per heavy atom. The van der Waals surface area contributed by atoms with Crippen molar-refractivity contribution in [2.75, 3.05) is 0 Å². The molecular formula is C14H21O4. The van der Waals surface area contributed by atoms with E-state index in [1.165, 1.54) is 12.1 Å². The summed E-state index contributed by atoms with van der Waals surface area (Å²) < 4.78 is 0. The van der Waals surface area contributed by atoms with E-state index in [1.807, 2.05) is 6.92 Å². The number of aromatic hydroxyl groups is 1. The zero-order chi connectivity index (χ0) is 14.0. The molecule has 0 saturated heterocycles. The van der Waals surface area contributed by atoms with Crippen LogP contribution in [0.2, 0.25) is 0 Å². The molecule has 0 amide bonds. The smallest absolute Gasteiger partial charge is 0.339 e. The van der Waals surface area contributed by atoms with Crippen molar-refractivity contribution >= 4 is 5.97 Å². The number of phenols is 1. The summed E-state index contributed by atoms with van der Waals surface area (Å²) in [5, 5.41) is 28.0. The number of carbonyl (C=O) groups is 1. The van der Waals surface area contributed by atoms with Crippen molar-refractivity contribution in [1.29, 1.82) is 0 Å². The van der Waals surface area contributed by atoms with E-state index in [4.69, 9.17) is 10.2 Å². The zero-order valence-corrected chi connectivity index (χ0v) is 10.9. The second-order valence-corrected chi connectivity index (χ2v) is 3.99. The highest BCUT2D eigenvalue weighted by Gasteiger charge is 2.05. The lowest BCUT2D eigenvalue weighted by atomic mass is 10.1. The standard InChI is InChI=1S/C7H6O3.C7H15O/c8-6-4-2-1-3-5(6)7(9)10;1-3-5-6-7(8)4-2/h1-4,8H,(H,9,10);7H,3-6H2,1-2H3. The van der Waals surface area contributed by atoms with Gasteiger partial charge in [0.05, 0.1) is 6.10 Å². The van der Waals surface area contributed by atoms with Crippen LogP contribution in [0.1, 0.15) is 49.9 Å². The monoisotopic (exact) mass is 253 g/mol. The molecule has 0 bridgehead atoms. The molecule has 0 spiro atoms. The van der Waals surface area contributed by atoms with Crippen molar-refractivity contribution < 1.29 is 20.1 Å². The molecule has 2 N–H and O–H groups in total. The maximum absolute atomic E-state index is 10.7. The summed E-state index contributed by atoms with van der Waals surface area (Å²) in [7, 11) is 0. The van der Waals surface area contributed by atoms with Crippen molar-refractivity contribution in [3.63, 3.8) is 0 Å². The van der Waals surface area contributed by atoms with Crippen molar-refractivity contribution in [2.45, 2.75) is 45.6 Å². The Balaban J connectivity index is 0.000000331. The highest BCUT2D eigenvalue weighted by molar-refractivity contribution is 5.90. The Hall–Kier alpha value is -1.55. The Morgan fingerprint density at radius 3 is 2.28 bits per heavy atom. The van der Waals surface area contributed by atoms with E-state index in [1.54, 1.807) is 12.1 Å². The molecule has 18 heavy (non-hydrogen) atoms. The molecule has 1 atom stereocenters. The van der Waals surface area contributed by atoms with E-state index < -0.39 is 5.97 Å². The molecule has 0 heterocycles. The van der Waals surface area contributed by atoms with Crippen LogP contribution in [0.3, 0.4) is 0 Å². The van der Waals surface area contributed by atoms with Crippen LogP contribution in [-0.2, 0) is 5.11 Å². The quantitative estimate of drug-likeness (QED) is 0.843. The number of rotatable bonds is 5. The largest absolute Gasteiger partial charge is 0.507 e. The molecule has 1 rings (SSSR count). The normalized spacial score (nSPS) is 11.3. The molecule has 0 fully saturated rings. The molecule has 101 valence electrons. The number of para-hydroxylation sites is 1. The van der Waals surface area contributed by atoms with Gasteiger partial charge in [-0.05, 0) is 25.0 Å². The fourth-order valence-electron chi connectivity index (χ4n) is 1.29. The summed E-state index contributed by atoms with van der Waals surface area (Å²) >= 11 is 0. The van der Waals surface area contributed by atoms with Gasteiger partial charge in [0.15, 0.2) is 0 Å². The molecular weight excluding hydrogens is 232 g/mol. The summed E-state index contributed by atoms with van der Waals surface area (Å²) in [4.78, 5) is 10.3. The number of carboxylic acid groups (broad SMARTS) is 1. The van der Waals surface area contributed by atoms with Crippen molar-refractivity contribution in [1.82, 2.24) is 0 Å². The summed E-state index contributed by atoms with van der Waals surface area (Å²) in [5.41, 5.74) is -0.0671. The van der Waals surface area contributed by atoms with Crippen LogP contribution in [0.5, 0.6) is 5.75 Å². The molecule has 1 unspecified atom stereocenters. The lowest BCUT2D eigenvalue weighted by molar-refractivity contribution is 0.0693. The molecule has 0 aliphatic heterocycles. The van der Waals surface area contributed by atoms with E-state index >= 15 is 0 Å². The van der Waals surface area contributed by atoms with E-state index in [0.29, 0.717) is 0 Å². The van der Waals surface area contributed by atoms with Crippen LogP contribution >= 0.6 is 0 Å². The van der Waals surface area contributed by atoms with E-state index in [0.717, 1.165) is 25.7 Å². The molecule has 0 aromatic heterocycles. The van der Waals surface area contributed by atoms with Gasteiger partial charge in [-0.25, -0.2) is 9.90 Å². The molecule has 4 heteroatoms. The third kappa shape index (κ3) is 6.91. The number of hydrogen-bond acceptors (Lipinski definition) is 2. The number of unbranched alkanes of at least 4 members (excludes halogenated alkanes) is 1. The fraction of sp³-hybridized carbons (Fsp3) is 0.500. The van der Waals surface area contributed by atoms with Crippen LogP contribution in [-0.4, -0.2) is 22.3 Å². The topological polar surface area (TPSA) is 77.4 Å². The number of aromatic carboxylic acids is 1. The van der Waals surface area contributed by atoms with Gasteiger partial charge in [0.1, 0.15) is 11.3 Å². The third-order valence-corrected chi connectivity index (χ3v) is 2.47. The van der Waals surface area contributed by atoms with E-state index in [9.17, 15) is 9.90 Å². The summed E-state index contributed by atoms with van der Waals surface area (Å²) in [6.07, 6.45) is 3.61. The molecule has 1 aromatic carbocycles. The number of benzene rings is 1. The van der Waals surface area contributed by atoms with Crippen molar-refractivity contribution in [3.05, 3.63) is 29.8 Å². The molecule has 0 saturated carbocycles. The zero-order valence-electron chi connectivity index (χ0n) is 10.9. The Labute approximate surface area is 108 Å². The second-order valence-electron chi connectivity index (χ2n) is 3.99. The Bertz CT molecular complexity index is 349. The summed E-state index contributed by atoms with van der Waals surface area (Å²) in [6.45, 7) is 4.07. The average molecular weight is 253 g/mol. The maximum atomic E-state index is 10.7. The first-order valence-electron chi connectivity index (χ1n) is 6.20. The van der Waals surface area contributed by atoms with Gasteiger partial charge >= 0.3 is 5.97 Å². The minimum atomic E-state index is -1.11. The number of hydrogen-bond donors (Lipinski definition) is 2. The van der Waals surface area contributed by atoms with E-state index in [2.05, 4.69) is 6.92 Å². The predicted octanol–water partition coefficient (Wildman–Crippen LogP) is 3.48. The first-order valence-corrected chi connectivity index (χ1v) is 6.20. The first kappa shape index (κ1) is 16.4. The predicted molar refractivity (Wildman–Crippen MR) is 69.4 cm³/mol. The fourth-order valence-corrected chi connectivity index (χ4v) is 1.29. The highest BCUT2D eigenvalue weighted by atomic mass is 16.4. The molecule has 4 nitrogen and oxygen atoms in total. The van der Waals surface area contributed by atoms with Crippen LogP contribution in [0.4, 0.5) is 0 Å². The first-order chi connectivity index (χ1) is 8.52. The van der Waals surface area contributed by atoms with Gasteiger partial charge in [-0.1, -0.05) is 38.8 Å². The van der Waals surface area contributed by atoms with Crippen molar-refractivity contribution in [2.24, 2.45) is 0 Å². The lowest BCUT2D eigenvalue weighted by Gasteiger charge is -2.00. The minimum absolute atomic E-state index is 0.0671. The minimum Gasteiger partial charge on any atom is -0.507 e. The van der Waals surface area contributed by atoms with Crippen LogP contribution in [0, 0.1) is 0 Å². The maximum Gasteiger partial charge on any atom is 0.339 e. The Morgan fingerprint density at radius 2 is 1.89 bits per heavy atom. The summed E-state index contributed by atoms with van der Waals surface area (Å²) in [5.74, 6) is -1.31. The van der Waals surface area contributed by atoms with Crippen LogP contribution in [0.25, 0.3) is 0 Å². The molecule has 1 radical (unpaired) electrons. The molecule has 0 aliphatic carbocycles. The van der Waals surface area contributed by atoms with E-state index in [-0.39, 0.29) is 17.4 Å². The second kappa shape index (κ2) is 9.48. The van der Waals surface area contributed by atoms with Gasteiger partial charge in [0.2, 0.25) is 0 Å². The van der Waals surface area contributed by atoms with Crippen LogP contribution < -0.4 is 0 Å². The average Bonchev–Trinajstić information content (AvgIpc) is 2.36. The van der Waals surface area contributed by atoms with Gasteiger partial charge < -0.3 is 10.2 Å². The highest BCUT2D eigenvalue weighted by Crippen LogP contribution is 2.14. The molecule has 1 aromatic rings. The van der Waals surface area contributed by atoms with Gasteiger partial charge in [-0.15, -0.1) is 0 Å². The summed E-state index contributed by atoms with van der Waals surface area (Å²) in [6, 6.07) is 5.81. The van der Waals surface area contributed by atoms with Gasteiger partial charge in [-0.2, -0.15) is 0 Å². The lowest BCUT2D eigenvalue weighted by Crippen LogP contribution is -2.00. The van der Waals surface area contributed by atoms with Gasteiger partial charge in [0, 0.05) is 0 Å². The third-order valence-electron chi connectivity index (χ3n) is 2.47. The Kier molecular flexibility index (Phi) is 8.66. The van der Waals surface area contributed by atoms with Crippen LogP contribution in [0.15, 0.2) is 24.3 Å². The van der Waals surface area contributed by atoms with Crippen molar-refractivity contribution in [3.8, 4) is 5.75 Å². The SMILES string of the molecule is CCCCC([O])CC.O=C(O)c1ccccc1O. The number of carboxylic acids is 1.